The van der Waals surface area contributed by atoms with Gasteiger partial charge in [-0.25, -0.2) is 0 Å². The SMILES string of the molecule is Cc1cccc(COc2ccc(Cl)cc2CNCC(O)c2ccccc2)c1. The summed E-state index contributed by atoms with van der Waals surface area (Å²) in [5, 5.41) is 14.2. The lowest BCUT2D eigenvalue weighted by atomic mass is 10.1. The first-order valence-corrected chi connectivity index (χ1v) is 9.40. The van der Waals surface area contributed by atoms with Crippen LogP contribution in [0.5, 0.6) is 5.75 Å². The molecule has 3 aromatic carbocycles. The minimum atomic E-state index is -0.554. The lowest BCUT2D eigenvalue weighted by molar-refractivity contribution is 0.174. The highest BCUT2D eigenvalue weighted by Crippen LogP contribution is 2.24. The third-order valence-electron chi connectivity index (χ3n) is 4.34. The van der Waals surface area contributed by atoms with E-state index < -0.39 is 6.10 Å². The lowest BCUT2D eigenvalue weighted by Gasteiger charge is -2.15. The topological polar surface area (TPSA) is 41.5 Å². The molecule has 0 saturated heterocycles. The zero-order chi connectivity index (χ0) is 19.1. The van der Waals surface area contributed by atoms with Crippen molar-refractivity contribution >= 4 is 11.6 Å². The van der Waals surface area contributed by atoms with Crippen molar-refractivity contribution in [3.63, 3.8) is 0 Å². The standard InChI is InChI=1S/C23H24ClNO2/c1-17-6-5-7-18(12-17)16-27-23-11-10-21(24)13-20(23)14-25-15-22(26)19-8-3-2-4-9-19/h2-13,22,25-26H,14-16H2,1H3. The van der Waals surface area contributed by atoms with Gasteiger partial charge in [-0.3, -0.25) is 0 Å². The van der Waals surface area contributed by atoms with Crippen LogP contribution >= 0.6 is 11.6 Å². The molecule has 140 valence electrons. The van der Waals surface area contributed by atoms with Gasteiger partial charge < -0.3 is 15.2 Å². The zero-order valence-electron chi connectivity index (χ0n) is 15.4. The quantitative estimate of drug-likeness (QED) is 0.573. The fraction of sp³-hybridized carbons (Fsp3) is 0.217. The molecule has 0 saturated carbocycles. The smallest absolute Gasteiger partial charge is 0.124 e. The van der Waals surface area contributed by atoms with Crippen LogP contribution in [0.4, 0.5) is 0 Å². The maximum Gasteiger partial charge on any atom is 0.124 e. The number of hydrogen-bond donors (Lipinski definition) is 2. The minimum Gasteiger partial charge on any atom is -0.489 e. The van der Waals surface area contributed by atoms with Crippen LogP contribution in [0.1, 0.15) is 28.4 Å². The molecule has 0 aliphatic carbocycles. The normalized spacial score (nSPS) is 12.0. The molecular formula is C23H24ClNO2. The Morgan fingerprint density at radius 3 is 2.59 bits per heavy atom. The first-order chi connectivity index (χ1) is 13.1. The highest BCUT2D eigenvalue weighted by atomic mass is 35.5. The molecule has 3 rings (SSSR count). The predicted octanol–water partition coefficient (Wildman–Crippen LogP) is 5.05. The summed E-state index contributed by atoms with van der Waals surface area (Å²) in [6.07, 6.45) is -0.554. The van der Waals surface area contributed by atoms with E-state index in [0.717, 1.165) is 22.4 Å². The molecule has 0 amide bonds. The largest absolute Gasteiger partial charge is 0.489 e. The Kier molecular flexibility index (Phi) is 6.88. The Balaban J connectivity index is 1.60. The summed E-state index contributed by atoms with van der Waals surface area (Å²) in [4.78, 5) is 0. The van der Waals surface area contributed by atoms with Crippen molar-refractivity contribution in [1.82, 2.24) is 5.32 Å². The molecular weight excluding hydrogens is 358 g/mol. The van der Waals surface area contributed by atoms with E-state index >= 15 is 0 Å². The fourth-order valence-corrected chi connectivity index (χ4v) is 3.12. The summed E-state index contributed by atoms with van der Waals surface area (Å²) in [5.41, 5.74) is 4.20. The van der Waals surface area contributed by atoms with Crippen molar-refractivity contribution < 1.29 is 9.84 Å². The molecule has 1 atom stereocenters. The van der Waals surface area contributed by atoms with Crippen LogP contribution in [0.15, 0.2) is 72.8 Å². The maximum absolute atomic E-state index is 10.3. The van der Waals surface area contributed by atoms with E-state index in [4.69, 9.17) is 16.3 Å². The molecule has 0 fully saturated rings. The number of nitrogens with one attached hydrogen (secondary N) is 1. The van der Waals surface area contributed by atoms with Crippen molar-refractivity contribution in [2.24, 2.45) is 0 Å². The van der Waals surface area contributed by atoms with Crippen LogP contribution < -0.4 is 10.1 Å². The van der Waals surface area contributed by atoms with Crippen LogP contribution in [-0.4, -0.2) is 11.7 Å². The maximum atomic E-state index is 10.3. The van der Waals surface area contributed by atoms with Gasteiger partial charge in [-0.2, -0.15) is 0 Å². The fourth-order valence-electron chi connectivity index (χ4n) is 2.93. The van der Waals surface area contributed by atoms with Gasteiger partial charge in [0, 0.05) is 23.7 Å². The van der Waals surface area contributed by atoms with Gasteiger partial charge in [-0.1, -0.05) is 71.8 Å². The van der Waals surface area contributed by atoms with Gasteiger partial charge in [0.25, 0.3) is 0 Å². The van der Waals surface area contributed by atoms with Crippen LogP contribution in [0.3, 0.4) is 0 Å². The minimum absolute atomic E-state index is 0.452. The third kappa shape index (κ3) is 5.83. The Morgan fingerprint density at radius 1 is 1.00 bits per heavy atom. The van der Waals surface area contributed by atoms with Crippen LogP contribution in [0.25, 0.3) is 0 Å². The Labute approximate surface area is 165 Å². The van der Waals surface area contributed by atoms with E-state index in [1.807, 2.05) is 54.6 Å². The summed E-state index contributed by atoms with van der Waals surface area (Å²) in [5.74, 6) is 0.794. The summed E-state index contributed by atoms with van der Waals surface area (Å²) < 4.78 is 6.01. The predicted molar refractivity (Wildman–Crippen MR) is 110 cm³/mol. The summed E-state index contributed by atoms with van der Waals surface area (Å²) in [6.45, 7) is 3.59. The number of aliphatic hydroxyl groups excluding tert-OH is 1. The van der Waals surface area contributed by atoms with Crippen molar-refractivity contribution in [3.8, 4) is 5.75 Å². The number of benzene rings is 3. The average molecular weight is 382 g/mol. The first kappa shape index (κ1) is 19.4. The third-order valence-corrected chi connectivity index (χ3v) is 4.57. The van der Waals surface area contributed by atoms with E-state index in [-0.39, 0.29) is 0 Å². The second-order valence-corrected chi connectivity index (χ2v) is 7.02. The number of hydrogen-bond acceptors (Lipinski definition) is 3. The number of halogens is 1. The van der Waals surface area contributed by atoms with E-state index in [0.29, 0.717) is 24.7 Å². The van der Waals surface area contributed by atoms with Gasteiger partial charge in [0.2, 0.25) is 0 Å². The molecule has 0 aliphatic heterocycles. The van der Waals surface area contributed by atoms with Crippen LogP contribution in [-0.2, 0) is 13.2 Å². The Bertz CT molecular complexity index is 867. The molecule has 0 heterocycles. The Hall–Kier alpha value is -2.33. The van der Waals surface area contributed by atoms with Crippen molar-refractivity contribution in [3.05, 3.63) is 100 Å². The monoisotopic (exact) mass is 381 g/mol. The zero-order valence-corrected chi connectivity index (χ0v) is 16.1. The van der Waals surface area contributed by atoms with E-state index in [2.05, 4.69) is 30.4 Å². The van der Waals surface area contributed by atoms with Crippen molar-refractivity contribution in [1.29, 1.82) is 0 Å². The molecule has 0 bridgehead atoms. The highest BCUT2D eigenvalue weighted by molar-refractivity contribution is 6.30. The molecule has 0 aliphatic rings. The highest BCUT2D eigenvalue weighted by Gasteiger charge is 2.09. The molecule has 3 nitrogen and oxygen atoms in total. The molecule has 1 unspecified atom stereocenters. The Morgan fingerprint density at radius 2 is 1.81 bits per heavy atom. The van der Waals surface area contributed by atoms with Gasteiger partial charge >= 0.3 is 0 Å². The molecule has 3 aromatic rings. The van der Waals surface area contributed by atoms with E-state index in [1.165, 1.54) is 5.56 Å². The summed E-state index contributed by atoms with van der Waals surface area (Å²) in [6, 6.07) is 23.5. The molecule has 0 spiro atoms. The van der Waals surface area contributed by atoms with Crippen molar-refractivity contribution in [2.45, 2.75) is 26.2 Å². The number of aliphatic hydroxyl groups is 1. The average Bonchev–Trinajstić information content (AvgIpc) is 2.68. The van der Waals surface area contributed by atoms with Crippen LogP contribution in [0.2, 0.25) is 5.02 Å². The molecule has 0 radical (unpaired) electrons. The number of aryl methyl sites for hydroxylation is 1. The summed E-state index contributed by atoms with van der Waals surface area (Å²) in [7, 11) is 0. The molecule has 2 N–H and O–H groups in total. The van der Waals surface area contributed by atoms with E-state index in [9.17, 15) is 5.11 Å². The van der Waals surface area contributed by atoms with E-state index in [1.54, 1.807) is 0 Å². The van der Waals surface area contributed by atoms with Gasteiger partial charge in [0.15, 0.2) is 0 Å². The number of rotatable bonds is 8. The molecule has 0 aromatic heterocycles. The van der Waals surface area contributed by atoms with Gasteiger partial charge in [0.1, 0.15) is 12.4 Å². The van der Waals surface area contributed by atoms with Crippen molar-refractivity contribution in [2.75, 3.05) is 6.54 Å². The van der Waals surface area contributed by atoms with Gasteiger partial charge in [-0.05, 0) is 36.2 Å². The van der Waals surface area contributed by atoms with Gasteiger partial charge in [0.05, 0.1) is 6.10 Å². The summed E-state index contributed by atoms with van der Waals surface area (Å²) >= 11 is 6.16. The molecule has 4 heteroatoms. The second-order valence-electron chi connectivity index (χ2n) is 6.59. The lowest BCUT2D eigenvalue weighted by Crippen LogP contribution is -2.21. The number of ether oxygens (including phenoxy) is 1. The first-order valence-electron chi connectivity index (χ1n) is 9.02. The second kappa shape index (κ2) is 9.56. The van der Waals surface area contributed by atoms with Crippen LogP contribution in [0, 0.1) is 6.92 Å². The molecule has 27 heavy (non-hydrogen) atoms. The van der Waals surface area contributed by atoms with Gasteiger partial charge in [-0.15, -0.1) is 0 Å².